The lowest BCUT2D eigenvalue weighted by atomic mass is 10.1. The summed E-state index contributed by atoms with van der Waals surface area (Å²) in [7, 11) is 0.700. The van der Waals surface area contributed by atoms with Crippen LogP contribution in [0.15, 0.2) is 18.2 Å². The molecule has 5 heteroatoms. The summed E-state index contributed by atoms with van der Waals surface area (Å²) in [5.74, 6) is 0.599. The Kier molecular flexibility index (Phi) is 6.29. The van der Waals surface area contributed by atoms with E-state index in [9.17, 15) is 8.60 Å². The molecule has 102 valence electrons. The van der Waals surface area contributed by atoms with Gasteiger partial charge in [0.05, 0.1) is 7.11 Å². The molecule has 0 aliphatic heterocycles. The zero-order valence-corrected chi connectivity index (χ0v) is 11.8. The van der Waals surface area contributed by atoms with E-state index in [1.54, 1.807) is 12.3 Å². The molecule has 0 saturated carbocycles. The monoisotopic (exact) mass is 273 g/mol. The number of ether oxygens (including phenoxy) is 1. The Balaban J connectivity index is 2.48. The molecule has 0 aliphatic rings. The molecular formula is C13H20FNO2S. The molecule has 0 spiro atoms. The minimum atomic E-state index is -0.749. The van der Waals surface area contributed by atoms with E-state index >= 15 is 0 Å². The highest BCUT2D eigenvalue weighted by Crippen LogP contribution is 2.21. The summed E-state index contributed by atoms with van der Waals surface area (Å²) in [6, 6.07) is 5.02. The molecule has 0 aromatic heterocycles. The van der Waals surface area contributed by atoms with Crippen LogP contribution in [0, 0.1) is 5.82 Å². The number of nitrogens with one attached hydrogen (secondary N) is 1. The summed E-state index contributed by atoms with van der Waals surface area (Å²) in [4.78, 5) is 0. The van der Waals surface area contributed by atoms with Gasteiger partial charge in [0.1, 0.15) is 0 Å². The van der Waals surface area contributed by atoms with Crippen LogP contribution in [-0.2, 0) is 10.8 Å². The SMILES string of the molecule is COc1ccc(C(C)NCCCS(C)=O)cc1F. The molecule has 2 unspecified atom stereocenters. The first-order valence-electron chi connectivity index (χ1n) is 5.91. The molecule has 18 heavy (non-hydrogen) atoms. The summed E-state index contributed by atoms with van der Waals surface area (Å²) in [6.45, 7) is 2.75. The molecule has 1 aromatic rings. The lowest BCUT2D eigenvalue weighted by molar-refractivity contribution is 0.385. The number of methoxy groups -OCH3 is 1. The second-order valence-corrected chi connectivity index (χ2v) is 5.76. The fraction of sp³-hybridized carbons (Fsp3) is 0.538. The molecule has 1 aromatic carbocycles. The molecular weight excluding hydrogens is 253 g/mol. The molecule has 0 aliphatic carbocycles. The van der Waals surface area contributed by atoms with Crippen molar-refractivity contribution in [3.8, 4) is 5.75 Å². The Hall–Kier alpha value is -0.940. The van der Waals surface area contributed by atoms with Crippen molar-refractivity contribution in [3.05, 3.63) is 29.6 Å². The molecule has 0 saturated heterocycles. The van der Waals surface area contributed by atoms with E-state index in [-0.39, 0.29) is 17.6 Å². The lowest BCUT2D eigenvalue weighted by Gasteiger charge is -2.14. The predicted molar refractivity (Wildman–Crippen MR) is 72.9 cm³/mol. The first kappa shape index (κ1) is 15.1. The number of hydrogen-bond donors (Lipinski definition) is 1. The second kappa shape index (κ2) is 7.48. The third-order valence-corrected chi connectivity index (χ3v) is 3.60. The van der Waals surface area contributed by atoms with Crippen LogP contribution in [0.5, 0.6) is 5.75 Å². The third-order valence-electron chi connectivity index (χ3n) is 2.73. The van der Waals surface area contributed by atoms with Gasteiger partial charge < -0.3 is 10.1 Å². The first-order valence-corrected chi connectivity index (χ1v) is 7.64. The van der Waals surface area contributed by atoms with Crippen LogP contribution in [0.2, 0.25) is 0 Å². The van der Waals surface area contributed by atoms with Gasteiger partial charge in [-0.2, -0.15) is 0 Å². The van der Waals surface area contributed by atoms with Gasteiger partial charge in [0, 0.05) is 28.9 Å². The van der Waals surface area contributed by atoms with Crippen molar-refractivity contribution in [2.75, 3.05) is 25.7 Å². The molecule has 0 radical (unpaired) electrons. The van der Waals surface area contributed by atoms with Crippen molar-refractivity contribution in [3.63, 3.8) is 0 Å². The molecule has 0 fully saturated rings. The summed E-state index contributed by atoms with van der Waals surface area (Å²) in [6.07, 6.45) is 2.55. The van der Waals surface area contributed by atoms with Gasteiger partial charge in [0.25, 0.3) is 0 Å². The van der Waals surface area contributed by atoms with Crippen LogP contribution < -0.4 is 10.1 Å². The minimum Gasteiger partial charge on any atom is -0.494 e. The Labute approximate surface area is 110 Å². The number of benzene rings is 1. The fourth-order valence-electron chi connectivity index (χ4n) is 1.66. The smallest absolute Gasteiger partial charge is 0.165 e. The van der Waals surface area contributed by atoms with Crippen LogP contribution in [-0.4, -0.2) is 29.9 Å². The van der Waals surface area contributed by atoms with Crippen molar-refractivity contribution >= 4 is 10.8 Å². The highest BCUT2D eigenvalue weighted by atomic mass is 32.2. The van der Waals surface area contributed by atoms with Gasteiger partial charge in [-0.25, -0.2) is 4.39 Å². The van der Waals surface area contributed by atoms with Crippen LogP contribution >= 0.6 is 0 Å². The average molecular weight is 273 g/mol. The maximum Gasteiger partial charge on any atom is 0.165 e. The van der Waals surface area contributed by atoms with Gasteiger partial charge in [-0.1, -0.05) is 6.07 Å². The molecule has 0 amide bonds. The van der Waals surface area contributed by atoms with Crippen molar-refractivity contribution in [1.82, 2.24) is 5.32 Å². The van der Waals surface area contributed by atoms with Crippen molar-refractivity contribution in [2.45, 2.75) is 19.4 Å². The molecule has 0 bridgehead atoms. The van der Waals surface area contributed by atoms with Crippen LogP contribution in [0.4, 0.5) is 4.39 Å². The van der Waals surface area contributed by atoms with Gasteiger partial charge in [0.15, 0.2) is 11.6 Å². The largest absolute Gasteiger partial charge is 0.494 e. The molecule has 1 rings (SSSR count). The second-order valence-electron chi connectivity index (χ2n) is 4.20. The minimum absolute atomic E-state index is 0.0655. The van der Waals surface area contributed by atoms with Crippen molar-refractivity contribution < 1.29 is 13.3 Å². The quantitative estimate of drug-likeness (QED) is 0.774. The highest BCUT2D eigenvalue weighted by molar-refractivity contribution is 7.84. The van der Waals surface area contributed by atoms with Crippen LogP contribution in [0.1, 0.15) is 24.9 Å². The van der Waals surface area contributed by atoms with E-state index in [0.29, 0.717) is 5.75 Å². The highest BCUT2D eigenvalue weighted by Gasteiger charge is 2.08. The van der Waals surface area contributed by atoms with Gasteiger partial charge in [-0.05, 0) is 37.6 Å². The summed E-state index contributed by atoms with van der Waals surface area (Å²) >= 11 is 0. The Bertz CT molecular complexity index is 412. The van der Waals surface area contributed by atoms with E-state index in [4.69, 9.17) is 4.74 Å². The van der Waals surface area contributed by atoms with E-state index in [2.05, 4.69) is 5.32 Å². The number of hydrogen-bond acceptors (Lipinski definition) is 3. The Morgan fingerprint density at radius 3 is 2.78 bits per heavy atom. The lowest BCUT2D eigenvalue weighted by Crippen LogP contribution is -2.21. The fourth-order valence-corrected chi connectivity index (χ4v) is 2.21. The zero-order valence-electron chi connectivity index (χ0n) is 11.0. The van der Waals surface area contributed by atoms with Crippen LogP contribution in [0.25, 0.3) is 0 Å². The predicted octanol–water partition coefficient (Wildman–Crippen LogP) is 2.25. The van der Waals surface area contributed by atoms with E-state index < -0.39 is 10.8 Å². The van der Waals surface area contributed by atoms with Crippen LogP contribution in [0.3, 0.4) is 0 Å². The van der Waals surface area contributed by atoms with E-state index in [0.717, 1.165) is 18.5 Å². The van der Waals surface area contributed by atoms with E-state index in [1.807, 2.05) is 13.0 Å². The van der Waals surface area contributed by atoms with Gasteiger partial charge >= 0.3 is 0 Å². The Morgan fingerprint density at radius 2 is 2.22 bits per heavy atom. The maximum atomic E-state index is 13.5. The molecule has 2 atom stereocenters. The van der Waals surface area contributed by atoms with Gasteiger partial charge in [0.2, 0.25) is 0 Å². The molecule has 0 heterocycles. The molecule has 1 N–H and O–H groups in total. The number of halogens is 1. The summed E-state index contributed by atoms with van der Waals surface area (Å²) in [5, 5.41) is 3.28. The molecule has 3 nitrogen and oxygen atoms in total. The van der Waals surface area contributed by atoms with Gasteiger partial charge in [-0.3, -0.25) is 4.21 Å². The van der Waals surface area contributed by atoms with Crippen molar-refractivity contribution in [2.24, 2.45) is 0 Å². The number of rotatable bonds is 7. The first-order chi connectivity index (χ1) is 8.54. The Morgan fingerprint density at radius 1 is 1.50 bits per heavy atom. The van der Waals surface area contributed by atoms with Gasteiger partial charge in [-0.15, -0.1) is 0 Å². The normalized spacial score (nSPS) is 14.2. The zero-order chi connectivity index (χ0) is 13.5. The third kappa shape index (κ3) is 4.74. The summed E-state index contributed by atoms with van der Waals surface area (Å²) in [5.41, 5.74) is 0.880. The van der Waals surface area contributed by atoms with E-state index in [1.165, 1.54) is 13.2 Å². The standard InChI is InChI=1S/C13H20FNO2S/c1-10(15-7-4-8-18(3)16)11-5-6-13(17-2)12(14)9-11/h5-6,9-10,15H,4,7-8H2,1-3H3. The van der Waals surface area contributed by atoms with Crippen molar-refractivity contribution in [1.29, 1.82) is 0 Å². The maximum absolute atomic E-state index is 13.5. The topological polar surface area (TPSA) is 38.3 Å². The average Bonchev–Trinajstić information content (AvgIpc) is 2.34. The summed E-state index contributed by atoms with van der Waals surface area (Å²) < 4.78 is 29.3.